The van der Waals surface area contributed by atoms with Crippen molar-refractivity contribution in [2.75, 3.05) is 4.43 Å². The summed E-state index contributed by atoms with van der Waals surface area (Å²) in [6.07, 6.45) is 44.0. The molecule has 1 N–H and O–H groups in total. The summed E-state index contributed by atoms with van der Waals surface area (Å²) in [5.41, 5.74) is 0. The van der Waals surface area contributed by atoms with Crippen molar-refractivity contribution in [2.24, 2.45) is 0 Å². The Morgan fingerprint density at radius 3 is 0.649 bits per heavy atom. The first-order valence-electron chi connectivity index (χ1n) is 17.0. The van der Waals surface area contributed by atoms with Gasteiger partial charge in [0.15, 0.2) is 0 Å². The van der Waals surface area contributed by atoms with Gasteiger partial charge >= 0.3 is 5.97 Å². The fourth-order valence-electron chi connectivity index (χ4n) is 5.50. The van der Waals surface area contributed by atoms with Gasteiger partial charge < -0.3 is 5.11 Å². The van der Waals surface area contributed by atoms with Crippen LogP contribution in [-0.2, 0) is 4.79 Å². The summed E-state index contributed by atoms with van der Waals surface area (Å²) in [6, 6.07) is 0. The number of carbonyl (C=O) groups is 1. The molecule has 0 radical (unpaired) electrons. The molecule has 0 aromatic heterocycles. The summed E-state index contributed by atoms with van der Waals surface area (Å²) in [7, 11) is 0. The minimum absolute atomic E-state index is 0.347. The average Bonchev–Trinajstić information content (AvgIpc) is 2.89. The second-order valence-corrected chi connectivity index (χ2v) is 12.9. The third-order valence-electron chi connectivity index (χ3n) is 8.02. The lowest BCUT2D eigenvalue weighted by molar-refractivity contribution is -0.137. The maximum Gasteiger partial charge on any atom is 0.303 e. The van der Waals surface area contributed by atoms with E-state index in [0.29, 0.717) is 6.42 Å². The summed E-state index contributed by atoms with van der Waals surface area (Å²) in [5, 5.41) is 8.63. The van der Waals surface area contributed by atoms with Gasteiger partial charge in [-0.3, -0.25) is 4.79 Å². The van der Waals surface area contributed by atoms with Crippen LogP contribution in [0.2, 0.25) is 0 Å². The molecule has 0 heterocycles. The van der Waals surface area contributed by atoms with Crippen LogP contribution in [-0.4, -0.2) is 15.5 Å². The highest BCUT2D eigenvalue weighted by Gasteiger charge is 1.98. The van der Waals surface area contributed by atoms with E-state index in [0.717, 1.165) is 12.8 Å². The Kier molecular flexibility index (Phi) is 34.4. The molecule has 0 aromatic carbocycles. The van der Waals surface area contributed by atoms with E-state index >= 15 is 0 Å². The fourth-order valence-corrected chi connectivity index (χ4v) is 6.04. The highest BCUT2D eigenvalue weighted by atomic mass is 127. The minimum atomic E-state index is -0.648. The van der Waals surface area contributed by atoms with Crippen molar-refractivity contribution in [3.05, 3.63) is 0 Å². The van der Waals surface area contributed by atoms with Gasteiger partial charge in [-0.15, -0.1) is 0 Å². The molecule has 0 bridgehead atoms. The van der Waals surface area contributed by atoms with Crippen LogP contribution in [0.15, 0.2) is 0 Å². The number of hydrogen-bond donors (Lipinski definition) is 1. The lowest BCUT2D eigenvalue weighted by Gasteiger charge is -2.04. The Balaban J connectivity index is 3.02. The molecule has 0 aliphatic rings. The quantitative estimate of drug-likeness (QED) is 0.0443. The van der Waals surface area contributed by atoms with Crippen LogP contribution in [0, 0.1) is 0 Å². The monoisotopic (exact) mass is 634 g/mol. The van der Waals surface area contributed by atoms with Crippen molar-refractivity contribution in [2.45, 2.75) is 205 Å². The van der Waals surface area contributed by atoms with E-state index in [-0.39, 0.29) is 0 Å². The summed E-state index contributed by atoms with van der Waals surface area (Å²) >= 11 is 2.50. The van der Waals surface area contributed by atoms with Crippen molar-refractivity contribution in [1.29, 1.82) is 0 Å². The van der Waals surface area contributed by atoms with Gasteiger partial charge in [-0.25, -0.2) is 0 Å². The molecule has 0 rings (SSSR count). The van der Waals surface area contributed by atoms with Crippen molar-refractivity contribution in [1.82, 2.24) is 0 Å². The number of carboxylic acids is 1. The smallest absolute Gasteiger partial charge is 0.303 e. The first kappa shape index (κ1) is 37.2. The Bertz CT molecular complexity index is 426. The average molecular weight is 635 g/mol. The molecule has 0 fully saturated rings. The molecule has 0 unspecified atom stereocenters. The first-order valence-corrected chi connectivity index (χ1v) is 18.6. The van der Waals surface area contributed by atoms with Gasteiger partial charge in [-0.05, 0) is 17.3 Å². The lowest BCUT2D eigenvalue weighted by atomic mass is 10.0. The largest absolute Gasteiger partial charge is 0.481 e. The van der Waals surface area contributed by atoms with Gasteiger partial charge in [-0.2, -0.15) is 0 Å². The highest BCUT2D eigenvalue weighted by Crippen LogP contribution is 2.16. The van der Waals surface area contributed by atoms with E-state index in [2.05, 4.69) is 22.6 Å². The third kappa shape index (κ3) is 36.2. The molecule has 0 atom stereocenters. The Morgan fingerprint density at radius 2 is 0.486 bits per heavy atom. The lowest BCUT2D eigenvalue weighted by Crippen LogP contribution is -1.93. The Labute approximate surface area is 247 Å². The summed E-state index contributed by atoms with van der Waals surface area (Å²) in [4.78, 5) is 10.5. The molecule has 0 aliphatic carbocycles. The van der Waals surface area contributed by atoms with E-state index in [1.807, 2.05) is 0 Å². The molecule has 2 nitrogen and oxygen atoms in total. The Hall–Kier alpha value is 0.200. The maximum atomic E-state index is 10.5. The molecular weight excluding hydrogens is 567 g/mol. The zero-order valence-corrected chi connectivity index (χ0v) is 27.2. The van der Waals surface area contributed by atoms with Crippen molar-refractivity contribution in [3.63, 3.8) is 0 Å². The van der Waals surface area contributed by atoms with Crippen molar-refractivity contribution in [3.8, 4) is 0 Å². The molecule has 3 heteroatoms. The number of halogens is 1. The molecule has 0 amide bonds. The fraction of sp³-hybridized carbons (Fsp3) is 0.971. The molecule has 222 valence electrons. The third-order valence-corrected chi connectivity index (χ3v) is 8.79. The van der Waals surface area contributed by atoms with Gasteiger partial charge in [0.2, 0.25) is 0 Å². The first-order chi connectivity index (χ1) is 18.3. The normalized spacial score (nSPS) is 11.4. The number of hydrogen-bond acceptors (Lipinski definition) is 1. The van der Waals surface area contributed by atoms with Crippen molar-refractivity contribution < 1.29 is 9.90 Å². The van der Waals surface area contributed by atoms with Crippen LogP contribution >= 0.6 is 22.6 Å². The molecular formula is C34H67IO2. The Morgan fingerprint density at radius 1 is 0.324 bits per heavy atom. The second-order valence-electron chi connectivity index (χ2n) is 11.8. The van der Waals surface area contributed by atoms with Crippen LogP contribution < -0.4 is 0 Å². The number of unbranched alkanes of at least 4 members (excludes halogenated alkanes) is 30. The van der Waals surface area contributed by atoms with Gasteiger partial charge in [0.05, 0.1) is 0 Å². The van der Waals surface area contributed by atoms with Crippen LogP contribution in [0.25, 0.3) is 0 Å². The van der Waals surface area contributed by atoms with E-state index in [1.165, 1.54) is 191 Å². The maximum absolute atomic E-state index is 10.5. The van der Waals surface area contributed by atoms with Crippen molar-refractivity contribution >= 4 is 28.6 Å². The van der Waals surface area contributed by atoms with E-state index in [1.54, 1.807) is 0 Å². The predicted octanol–water partition coefficient (Wildman–Crippen LogP) is 13.0. The van der Waals surface area contributed by atoms with Crippen LogP contribution in [0.1, 0.15) is 205 Å². The molecule has 0 aliphatic heterocycles. The SMILES string of the molecule is O=C(O)CCCCCCCCCCCCCCCCCCCCCCCCCCCCCCCCCI. The summed E-state index contributed by atoms with van der Waals surface area (Å²) in [6.45, 7) is 0. The van der Waals surface area contributed by atoms with Gasteiger partial charge in [0.25, 0.3) is 0 Å². The number of carboxylic acid groups (broad SMARTS) is 1. The molecule has 0 saturated heterocycles. The zero-order chi connectivity index (χ0) is 26.9. The number of rotatable bonds is 33. The van der Waals surface area contributed by atoms with Crippen LogP contribution in [0.4, 0.5) is 0 Å². The van der Waals surface area contributed by atoms with Gasteiger partial charge in [0, 0.05) is 6.42 Å². The number of alkyl halides is 1. The predicted molar refractivity (Wildman–Crippen MR) is 174 cm³/mol. The van der Waals surface area contributed by atoms with E-state index < -0.39 is 5.97 Å². The standard InChI is InChI=1S/C34H67IO2/c35-33-31-29-27-25-23-21-19-17-15-13-11-9-7-5-3-1-2-4-6-8-10-12-14-16-18-20-22-24-26-28-30-32-34(36)37/h1-33H2,(H,36,37). The minimum Gasteiger partial charge on any atom is -0.481 e. The highest BCUT2D eigenvalue weighted by molar-refractivity contribution is 14.1. The molecule has 0 spiro atoms. The zero-order valence-electron chi connectivity index (χ0n) is 25.1. The summed E-state index contributed by atoms with van der Waals surface area (Å²) < 4.78 is 1.34. The topological polar surface area (TPSA) is 37.3 Å². The number of aliphatic carboxylic acids is 1. The van der Waals surface area contributed by atoms with Gasteiger partial charge in [0.1, 0.15) is 0 Å². The molecule has 0 saturated carbocycles. The van der Waals surface area contributed by atoms with E-state index in [9.17, 15) is 4.79 Å². The molecule has 0 aromatic rings. The molecule has 37 heavy (non-hydrogen) atoms. The summed E-state index contributed by atoms with van der Waals surface area (Å²) in [5.74, 6) is -0.648. The van der Waals surface area contributed by atoms with Crippen LogP contribution in [0.5, 0.6) is 0 Å². The van der Waals surface area contributed by atoms with E-state index in [4.69, 9.17) is 5.11 Å². The van der Waals surface area contributed by atoms with Gasteiger partial charge in [-0.1, -0.05) is 209 Å². The van der Waals surface area contributed by atoms with Crippen LogP contribution in [0.3, 0.4) is 0 Å². The second kappa shape index (κ2) is 34.2.